The first-order chi connectivity index (χ1) is 12.4. The number of thiophene rings is 1. The van der Waals surface area contributed by atoms with E-state index in [1.54, 1.807) is 11.3 Å². The second-order valence-electron chi connectivity index (χ2n) is 7.25. The molecular weight excluding hydrogens is 346 g/mol. The lowest BCUT2D eigenvalue weighted by molar-refractivity contribution is -0.128. The summed E-state index contributed by atoms with van der Waals surface area (Å²) >= 11 is 1.59. The number of Topliss-reactive ketones (excluding diaryl/α,β-unsaturated/α-hetero) is 1. The third-order valence-electron chi connectivity index (χ3n) is 5.14. The molecule has 1 amide bonds. The van der Waals surface area contributed by atoms with E-state index in [0.29, 0.717) is 13.0 Å². The Morgan fingerprint density at radius 1 is 1.27 bits per heavy atom. The lowest BCUT2D eigenvalue weighted by Gasteiger charge is -2.19. The van der Waals surface area contributed by atoms with Crippen LogP contribution in [0.1, 0.15) is 45.9 Å². The molecule has 1 aromatic carbocycles. The van der Waals surface area contributed by atoms with Crippen LogP contribution < -0.4 is 5.32 Å². The van der Waals surface area contributed by atoms with Crippen LogP contribution >= 0.6 is 11.3 Å². The number of amides is 1. The fraction of sp³-hybridized carbons (Fsp3) is 0.429. The van der Waals surface area contributed by atoms with E-state index < -0.39 is 17.9 Å². The van der Waals surface area contributed by atoms with Crippen LogP contribution in [0, 0.1) is 26.7 Å². The Morgan fingerprint density at radius 2 is 1.96 bits per heavy atom. The molecule has 0 radical (unpaired) electrons. The van der Waals surface area contributed by atoms with Gasteiger partial charge in [0.2, 0.25) is 5.91 Å². The molecule has 1 aromatic heterocycles. The van der Waals surface area contributed by atoms with Gasteiger partial charge in [0.05, 0.1) is 18.6 Å². The van der Waals surface area contributed by atoms with E-state index in [4.69, 9.17) is 0 Å². The van der Waals surface area contributed by atoms with Crippen LogP contribution in [0.15, 0.2) is 29.6 Å². The Labute approximate surface area is 158 Å². The van der Waals surface area contributed by atoms with E-state index in [1.807, 2.05) is 50.4 Å². The molecule has 1 heterocycles. The summed E-state index contributed by atoms with van der Waals surface area (Å²) in [6.07, 6.45) is -0.234. The van der Waals surface area contributed by atoms with Crippen molar-refractivity contribution < 1.29 is 14.7 Å². The molecular formula is C21H25NO3S. The lowest BCUT2D eigenvalue weighted by atomic mass is 9.86. The molecule has 3 rings (SSSR count). The molecule has 2 aromatic rings. The third kappa shape index (κ3) is 3.89. The Balaban J connectivity index is 1.69. The summed E-state index contributed by atoms with van der Waals surface area (Å²) in [4.78, 5) is 26.2. The first kappa shape index (κ1) is 18.8. The summed E-state index contributed by atoms with van der Waals surface area (Å²) in [5.74, 6) is -1.09. The van der Waals surface area contributed by atoms with E-state index in [2.05, 4.69) is 5.32 Å². The van der Waals surface area contributed by atoms with Gasteiger partial charge in [0.1, 0.15) is 5.78 Å². The molecule has 2 N–H and O–H groups in total. The average Bonchev–Trinajstić information content (AvgIpc) is 3.16. The SMILES string of the molecule is Cc1cc(C)c(C2C(=O)C(CC(=O)NCc3cccs3)CC2O)c(C)c1. The maximum absolute atomic E-state index is 12.9. The smallest absolute Gasteiger partial charge is 0.221 e. The second-order valence-corrected chi connectivity index (χ2v) is 8.28. The van der Waals surface area contributed by atoms with E-state index >= 15 is 0 Å². The molecule has 5 heteroatoms. The number of aryl methyl sites for hydroxylation is 3. The van der Waals surface area contributed by atoms with Crippen LogP contribution in [0.4, 0.5) is 0 Å². The minimum Gasteiger partial charge on any atom is -0.392 e. The summed E-state index contributed by atoms with van der Waals surface area (Å²) < 4.78 is 0. The first-order valence-electron chi connectivity index (χ1n) is 8.95. The summed E-state index contributed by atoms with van der Waals surface area (Å²) in [6, 6.07) is 8.00. The van der Waals surface area contributed by atoms with Crippen molar-refractivity contribution in [1.29, 1.82) is 0 Å². The molecule has 1 aliphatic carbocycles. The van der Waals surface area contributed by atoms with Crippen molar-refractivity contribution in [1.82, 2.24) is 5.32 Å². The molecule has 3 unspecified atom stereocenters. The van der Waals surface area contributed by atoms with E-state index in [-0.39, 0.29) is 18.1 Å². The molecule has 1 saturated carbocycles. The molecule has 138 valence electrons. The summed E-state index contributed by atoms with van der Waals surface area (Å²) in [5.41, 5.74) is 4.13. The normalized spacial score (nSPS) is 22.6. The number of carbonyl (C=O) groups excluding carboxylic acids is 2. The largest absolute Gasteiger partial charge is 0.392 e. The average molecular weight is 372 g/mol. The zero-order chi connectivity index (χ0) is 18.8. The molecule has 3 atom stereocenters. The van der Waals surface area contributed by atoms with Gasteiger partial charge in [-0.05, 0) is 55.3 Å². The van der Waals surface area contributed by atoms with Crippen LogP contribution in [-0.2, 0) is 16.1 Å². The monoisotopic (exact) mass is 371 g/mol. The van der Waals surface area contributed by atoms with Crippen LogP contribution in [0.3, 0.4) is 0 Å². The topological polar surface area (TPSA) is 66.4 Å². The summed E-state index contributed by atoms with van der Waals surface area (Å²) in [5, 5.41) is 15.4. The molecule has 0 saturated heterocycles. The number of ketones is 1. The third-order valence-corrected chi connectivity index (χ3v) is 6.02. The van der Waals surface area contributed by atoms with Crippen molar-refractivity contribution in [3.8, 4) is 0 Å². The maximum atomic E-state index is 12.9. The molecule has 0 spiro atoms. The highest BCUT2D eigenvalue weighted by Gasteiger charge is 2.43. The van der Waals surface area contributed by atoms with E-state index in [9.17, 15) is 14.7 Å². The first-order valence-corrected chi connectivity index (χ1v) is 9.83. The van der Waals surface area contributed by atoms with Crippen LogP contribution in [0.25, 0.3) is 0 Å². The van der Waals surface area contributed by atoms with Gasteiger partial charge in [-0.1, -0.05) is 23.8 Å². The van der Waals surface area contributed by atoms with Gasteiger partial charge in [-0.2, -0.15) is 0 Å². The van der Waals surface area contributed by atoms with Crippen molar-refractivity contribution in [2.45, 2.75) is 52.2 Å². The number of nitrogens with one attached hydrogen (secondary N) is 1. The Bertz CT molecular complexity index is 790. The number of aliphatic hydroxyl groups is 1. The van der Waals surface area contributed by atoms with Crippen LogP contribution in [-0.4, -0.2) is 22.9 Å². The highest BCUT2D eigenvalue weighted by atomic mass is 32.1. The summed E-state index contributed by atoms with van der Waals surface area (Å²) in [7, 11) is 0. The van der Waals surface area contributed by atoms with Crippen molar-refractivity contribution in [3.05, 3.63) is 56.8 Å². The maximum Gasteiger partial charge on any atom is 0.221 e. The van der Waals surface area contributed by atoms with Crippen molar-refractivity contribution in [3.63, 3.8) is 0 Å². The second kappa shape index (κ2) is 7.72. The Hall–Kier alpha value is -1.98. The zero-order valence-corrected chi connectivity index (χ0v) is 16.2. The lowest BCUT2D eigenvalue weighted by Crippen LogP contribution is -2.27. The van der Waals surface area contributed by atoms with Crippen molar-refractivity contribution >= 4 is 23.0 Å². The molecule has 0 aliphatic heterocycles. The van der Waals surface area contributed by atoms with Crippen molar-refractivity contribution in [2.75, 3.05) is 0 Å². The number of benzene rings is 1. The van der Waals surface area contributed by atoms with Crippen LogP contribution in [0.5, 0.6) is 0 Å². The van der Waals surface area contributed by atoms with Gasteiger partial charge in [0.15, 0.2) is 0 Å². The fourth-order valence-corrected chi connectivity index (χ4v) is 4.73. The number of aliphatic hydroxyl groups excluding tert-OH is 1. The molecule has 0 bridgehead atoms. The minimum absolute atomic E-state index is 0.0150. The minimum atomic E-state index is -0.724. The molecule has 1 fully saturated rings. The van der Waals surface area contributed by atoms with Crippen LogP contribution in [0.2, 0.25) is 0 Å². The molecule has 26 heavy (non-hydrogen) atoms. The number of hydrogen-bond donors (Lipinski definition) is 2. The quantitative estimate of drug-likeness (QED) is 0.846. The van der Waals surface area contributed by atoms with E-state index in [1.165, 1.54) is 0 Å². The number of carbonyl (C=O) groups is 2. The number of rotatable bonds is 5. The Morgan fingerprint density at radius 3 is 2.58 bits per heavy atom. The fourth-order valence-electron chi connectivity index (χ4n) is 4.08. The summed E-state index contributed by atoms with van der Waals surface area (Å²) in [6.45, 7) is 6.48. The van der Waals surface area contributed by atoms with Gasteiger partial charge < -0.3 is 10.4 Å². The van der Waals surface area contributed by atoms with E-state index in [0.717, 1.165) is 27.1 Å². The zero-order valence-electron chi connectivity index (χ0n) is 15.4. The Kier molecular flexibility index (Phi) is 5.58. The van der Waals surface area contributed by atoms with Gasteiger partial charge in [0.25, 0.3) is 0 Å². The predicted octanol–water partition coefficient (Wildman–Crippen LogP) is 3.41. The van der Waals surface area contributed by atoms with Gasteiger partial charge in [-0.3, -0.25) is 9.59 Å². The van der Waals surface area contributed by atoms with Gasteiger partial charge in [-0.25, -0.2) is 0 Å². The highest BCUT2D eigenvalue weighted by Crippen LogP contribution is 2.40. The molecule has 1 aliphatic rings. The predicted molar refractivity (Wildman–Crippen MR) is 103 cm³/mol. The highest BCUT2D eigenvalue weighted by molar-refractivity contribution is 7.09. The molecule has 4 nitrogen and oxygen atoms in total. The standard InChI is InChI=1S/C21H25NO3S/c1-12-7-13(2)19(14(3)8-12)20-17(23)9-15(21(20)25)10-18(24)22-11-16-5-4-6-26-16/h4-8,15,17,20,23H,9-11H2,1-3H3,(H,22,24). The number of hydrogen-bond acceptors (Lipinski definition) is 4. The van der Waals surface area contributed by atoms with Gasteiger partial charge in [0, 0.05) is 17.2 Å². The van der Waals surface area contributed by atoms with Gasteiger partial charge >= 0.3 is 0 Å². The van der Waals surface area contributed by atoms with Gasteiger partial charge in [-0.15, -0.1) is 11.3 Å². The van der Waals surface area contributed by atoms with Crippen molar-refractivity contribution in [2.24, 2.45) is 5.92 Å².